The van der Waals surface area contributed by atoms with Gasteiger partial charge in [-0.25, -0.2) is 0 Å². The molecule has 1 heterocycles. The predicted molar refractivity (Wildman–Crippen MR) is 133 cm³/mol. The number of nitrogens with one attached hydrogen (secondary N) is 1. The van der Waals surface area contributed by atoms with Crippen LogP contribution in [0.25, 0.3) is 0 Å². The minimum absolute atomic E-state index is 0. The number of aryl methyl sites for hydroxylation is 1. The highest BCUT2D eigenvalue weighted by Crippen LogP contribution is 2.57. The molecule has 4 aliphatic carbocycles. The molecule has 4 saturated carbocycles. The molecule has 4 bridgehead atoms. The fourth-order valence-electron chi connectivity index (χ4n) is 6.81. The third-order valence-corrected chi connectivity index (χ3v) is 8.97. The molecule has 0 spiro atoms. The molecule has 1 atom stereocenters. The predicted octanol–water partition coefficient (Wildman–Crippen LogP) is 5.76. The number of nitrogens with zero attached hydrogens (tertiary/aromatic N) is 2. The zero-order valence-electron chi connectivity index (χ0n) is 18.8. The lowest BCUT2D eigenvalue weighted by atomic mass is 9.53. The van der Waals surface area contributed by atoms with Crippen LogP contribution in [-0.4, -0.2) is 39.9 Å². The van der Waals surface area contributed by atoms with Crippen LogP contribution in [0.5, 0.6) is 0 Å². The molecule has 1 amide bonds. The van der Waals surface area contributed by atoms with Gasteiger partial charge in [-0.05, 0) is 87.3 Å². The first-order valence-corrected chi connectivity index (χ1v) is 12.9. The Bertz CT molecular complexity index is 789. The number of carbonyl (C=O) groups excluding carboxylic acids is 1. The molecule has 5 fully saturated rings. The second-order valence-electron chi connectivity index (χ2n) is 10.1. The van der Waals surface area contributed by atoms with Gasteiger partial charge in [-0.1, -0.05) is 30.8 Å². The van der Waals surface area contributed by atoms with Crippen molar-refractivity contribution in [1.29, 1.82) is 0 Å². The van der Waals surface area contributed by atoms with E-state index >= 15 is 0 Å². The first kappa shape index (κ1) is 23.0. The van der Waals surface area contributed by atoms with E-state index in [0.29, 0.717) is 6.42 Å². The van der Waals surface area contributed by atoms with Crippen LogP contribution in [0.4, 0.5) is 5.69 Å². The van der Waals surface area contributed by atoms with E-state index in [0.717, 1.165) is 42.2 Å². The third-order valence-electron chi connectivity index (χ3n) is 7.84. The lowest BCUT2D eigenvalue weighted by Crippen LogP contribution is -2.50. The maximum atomic E-state index is 12.7. The van der Waals surface area contributed by atoms with Crippen LogP contribution in [0.3, 0.4) is 0 Å². The van der Waals surface area contributed by atoms with Gasteiger partial charge in [-0.3, -0.25) is 9.79 Å². The molecule has 1 N–H and O–H groups in total. The van der Waals surface area contributed by atoms with E-state index < -0.39 is 0 Å². The van der Waals surface area contributed by atoms with Crippen molar-refractivity contribution in [1.82, 2.24) is 4.90 Å². The van der Waals surface area contributed by atoms with Crippen LogP contribution in [0, 0.1) is 17.8 Å². The number of thioether (sulfide) groups is 1. The van der Waals surface area contributed by atoms with Crippen LogP contribution < -0.4 is 5.32 Å². The number of benzene rings is 1. The van der Waals surface area contributed by atoms with Gasteiger partial charge in [-0.2, -0.15) is 0 Å². The lowest BCUT2D eigenvalue weighted by molar-refractivity contribution is -0.116. The molecule has 1 aromatic rings. The molecular weight excluding hydrogens is 426 g/mol. The Labute approximate surface area is 197 Å². The molecule has 1 aromatic carbocycles. The fraction of sp³-hybridized carbons (Fsp3) is 0.680. The molecule has 0 aromatic heterocycles. The monoisotopic (exact) mass is 461 g/mol. The molecule has 170 valence electrons. The van der Waals surface area contributed by atoms with Crippen LogP contribution in [0.2, 0.25) is 0 Å². The van der Waals surface area contributed by atoms with Crippen molar-refractivity contribution in [3.05, 3.63) is 29.8 Å². The summed E-state index contributed by atoms with van der Waals surface area (Å²) < 4.78 is 0. The molecule has 31 heavy (non-hydrogen) atoms. The summed E-state index contributed by atoms with van der Waals surface area (Å²) in [4.78, 5) is 20.6. The Kier molecular flexibility index (Phi) is 6.93. The van der Waals surface area contributed by atoms with Gasteiger partial charge in [0.25, 0.3) is 0 Å². The number of hydrogen-bond donors (Lipinski definition) is 1. The topological polar surface area (TPSA) is 44.7 Å². The number of hydrogen-bond acceptors (Lipinski definition) is 3. The quantitative estimate of drug-likeness (QED) is 0.585. The average molecular weight is 462 g/mol. The fourth-order valence-corrected chi connectivity index (χ4v) is 8.15. The Morgan fingerprint density at radius 1 is 1.10 bits per heavy atom. The summed E-state index contributed by atoms with van der Waals surface area (Å²) in [5.74, 6) is 3.84. The van der Waals surface area contributed by atoms with Crippen molar-refractivity contribution in [2.75, 3.05) is 17.6 Å². The van der Waals surface area contributed by atoms with Crippen molar-refractivity contribution >= 4 is 40.9 Å². The third kappa shape index (κ3) is 4.78. The van der Waals surface area contributed by atoms with Crippen molar-refractivity contribution in [3.8, 4) is 0 Å². The first-order chi connectivity index (χ1) is 14.6. The van der Waals surface area contributed by atoms with Crippen LogP contribution in [0.1, 0.15) is 64.4 Å². The molecule has 1 saturated heterocycles. The SMILES string of the molecule is CCc1ccc(NC(=O)CC2CS/C(=N\C34CC5CC(CC(C5)C3)C4)N2CC)cc1.Cl. The van der Waals surface area contributed by atoms with E-state index in [2.05, 4.69) is 36.2 Å². The van der Waals surface area contributed by atoms with E-state index in [1.165, 1.54) is 49.3 Å². The molecule has 6 rings (SSSR count). The van der Waals surface area contributed by atoms with E-state index in [9.17, 15) is 4.79 Å². The van der Waals surface area contributed by atoms with Gasteiger partial charge in [-0.15, -0.1) is 12.4 Å². The minimum Gasteiger partial charge on any atom is -0.347 e. The van der Waals surface area contributed by atoms with Gasteiger partial charge in [0.05, 0.1) is 5.54 Å². The smallest absolute Gasteiger partial charge is 0.226 e. The standard InChI is InChI=1S/C25H35N3OS.ClH/c1-3-17-5-7-21(8-6-17)26-23(29)12-22-16-30-24(28(22)4-2)27-25-13-18-9-19(14-25)11-20(10-18)15-25;/h5-8,18-20,22H,3-4,9-16H2,1-2H3,(H,26,29);1H/b27-24-;. The van der Waals surface area contributed by atoms with E-state index in [1.807, 2.05) is 23.9 Å². The van der Waals surface area contributed by atoms with Crippen LogP contribution in [-0.2, 0) is 11.2 Å². The van der Waals surface area contributed by atoms with Crippen molar-refractivity contribution in [2.24, 2.45) is 22.7 Å². The Balaban J connectivity index is 0.00000231. The Hall–Kier alpha value is -1.20. The second kappa shape index (κ2) is 9.35. The van der Waals surface area contributed by atoms with Crippen molar-refractivity contribution in [2.45, 2.75) is 76.8 Å². The Morgan fingerprint density at radius 2 is 1.71 bits per heavy atom. The summed E-state index contributed by atoms with van der Waals surface area (Å²) in [6.07, 6.45) is 9.84. The molecule has 1 unspecified atom stereocenters. The number of amidine groups is 1. The van der Waals surface area contributed by atoms with Gasteiger partial charge in [0.15, 0.2) is 5.17 Å². The number of carbonyl (C=O) groups is 1. The van der Waals surface area contributed by atoms with Gasteiger partial charge in [0.1, 0.15) is 0 Å². The Morgan fingerprint density at radius 3 is 2.26 bits per heavy atom. The maximum absolute atomic E-state index is 12.7. The van der Waals surface area contributed by atoms with Gasteiger partial charge < -0.3 is 10.2 Å². The number of amides is 1. The zero-order valence-corrected chi connectivity index (χ0v) is 20.4. The summed E-state index contributed by atoms with van der Waals surface area (Å²) in [6, 6.07) is 8.46. The summed E-state index contributed by atoms with van der Waals surface area (Å²) in [6.45, 7) is 5.28. The van der Waals surface area contributed by atoms with E-state index in [-0.39, 0.29) is 29.9 Å². The minimum atomic E-state index is 0. The first-order valence-electron chi connectivity index (χ1n) is 11.9. The summed E-state index contributed by atoms with van der Waals surface area (Å²) in [7, 11) is 0. The maximum Gasteiger partial charge on any atom is 0.226 e. The van der Waals surface area contributed by atoms with Crippen molar-refractivity contribution < 1.29 is 4.79 Å². The molecule has 6 heteroatoms. The molecule has 5 aliphatic rings. The van der Waals surface area contributed by atoms with E-state index in [1.54, 1.807) is 0 Å². The lowest BCUT2D eigenvalue weighted by Gasteiger charge is -2.55. The number of anilines is 1. The highest BCUT2D eigenvalue weighted by atomic mass is 35.5. The highest BCUT2D eigenvalue weighted by Gasteiger charge is 2.51. The number of aliphatic imine (C=N–C) groups is 1. The van der Waals surface area contributed by atoms with Gasteiger partial charge in [0, 0.05) is 30.4 Å². The van der Waals surface area contributed by atoms with E-state index in [4.69, 9.17) is 4.99 Å². The van der Waals surface area contributed by atoms with Crippen LogP contribution >= 0.6 is 24.2 Å². The second-order valence-corrected chi connectivity index (χ2v) is 11.1. The summed E-state index contributed by atoms with van der Waals surface area (Å²) >= 11 is 1.88. The van der Waals surface area contributed by atoms with Gasteiger partial charge in [0.2, 0.25) is 5.91 Å². The molecule has 4 nitrogen and oxygen atoms in total. The average Bonchev–Trinajstić information content (AvgIpc) is 3.07. The summed E-state index contributed by atoms with van der Waals surface area (Å²) in [5.41, 5.74) is 2.40. The van der Waals surface area contributed by atoms with Gasteiger partial charge >= 0.3 is 0 Å². The normalized spacial score (nSPS) is 34.8. The molecular formula is C25H36ClN3OS. The van der Waals surface area contributed by atoms with Crippen molar-refractivity contribution in [3.63, 3.8) is 0 Å². The zero-order chi connectivity index (χ0) is 20.7. The van der Waals surface area contributed by atoms with Crippen LogP contribution in [0.15, 0.2) is 29.3 Å². The largest absolute Gasteiger partial charge is 0.347 e. The summed E-state index contributed by atoms with van der Waals surface area (Å²) in [5, 5.41) is 4.30. The highest BCUT2D eigenvalue weighted by molar-refractivity contribution is 8.14. The number of halogens is 1. The molecule has 1 aliphatic heterocycles. The number of rotatable bonds is 6. The molecule has 0 radical (unpaired) electrons.